The van der Waals surface area contributed by atoms with Crippen LogP contribution in [0.15, 0.2) is 30.9 Å². The summed E-state index contributed by atoms with van der Waals surface area (Å²) < 4.78 is 34.0. The molecule has 3 aromatic heterocycles. The van der Waals surface area contributed by atoms with E-state index >= 15 is 0 Å². The van der Waals surface area contributed by atoms with Crippen LogP contribution in [0.5, 0.6) is 5.88 Å². The molecule has 5 rings (SSSR count). The molecule has 3 N–H and O–H groups in total. The van der Waals surface area contributed by atoms with Crippen LogP contribution in [0.2, 0.25) is 0 Å². The van der Waals surface area contributed by atoms with Crippen LogP contribution in [0.3, 0.4) is 0 Å². The molecule has 2 aliphatic carbocycles. The van der Waals surface area contributed by atoms with Gasteiger partial charge in [-0.3, -0.25) is 19.2 Å². The van der Waals surface area contributed by atoms with Crippen molar-refractivity contribution in [1.82, 2.24) is 19.9 Å². The van der Waals surface area contributed by atoms with E-state index in [0.717, 1.165) is 31.7 Å². The largest absolute Gasteiger partial charge is 0.493 e. The summed E-state index contributed by atoms with van der Waals surface area (Å²) in [7, 11) is 0. The lowest BCUT2D eigenvalue weighted by atomic mass is 9.98. The summed E-state index contributed by atoms with van der Waals surface area (Å²) in [6.45, 7) is 4.80. The van der Waals surface area contributed by atoms with Crippen LogP contribution < -0.4 is 16.7 Å². The van der Waals surface area contributed by atoms with E-state index in [1.54, 1.807) is 6.92 Å². The number of fused-ring (bicyclic) bond motifs is 1. The maximum atomic E-state index is 12.6. The fourth-order valence-corrected chi connectivity index (χ4v) is 4.82. The van der Waals surface area contributed by atoms with Crippen LogP contribution in [-0.4, -0.2) is 43.4 Å². The highest BCUT2D eigenvalue weighted by molar-refractivity contribution is 5.95. The summed E-state index contributed by atoms with van der Waals surface area (Å²) in [6, 6.07) is 2.21. The average Bonchev–Trinajstić information content (AvgIpc) is 3.91. The van der Waals surface area contributed by atoms with Gasteiger partial charge in [0.2, 0.25) is 11.6 Å². The second-order valence-corrected chi connectivity index (χ2v) is 12.4. The van der Waals surface area contributed by atoms with Crippen LogP contribution in [0.25, 0.3) is 11.1 Å². The number of carbonyl (C=O) groups is 2. The van der Waals surface area contributed by atoms with Crippen molar-refractivity contribution in [3.8, 4) is 5.88 Å². The van der Waals surface area contributed by atoms with E-state index in [1.807, 2.05) is 0 Å². The Labute approximate surface area is 271 Å². The number of aromatic amines is 2. The van der Waals surface area contributed by atoms with Gasteiger partial charge in [-0.05, 0) is 81.1 Å². The molecule has 0 saturated heterocycles. The minimum absolute atomic E-state index is 0. The zero-order valence-electron chi connectivity index (χ0n) is 26.5. The fraction of sp³-hybridized carbons (Fsp3) is 0.606. The van der Waals surface area contributed by atoms with E-state index in [0.29, 0.717) is 35.8 Å². The third kappa shape index (κ3) is 13.2. The first-order valence-corrected chi connectivity index (χ1v) is 15.4. The zero-order chi connectivity index (χ0) is 33.9. The predicted octanol–water partition coefficient (Wildman–Crippen LogP) is 5.53. The van der Waals surface area contributed by atoms with E-state index in [2.05, 4.69) is 33.8 Å². The van der Waals surface area contributed by atoms with Crippen LogP contribution in [-0.2, 0) is 34.1 Å². The summed E-state index contributed by atoms with van der Waals surface area (Å²) in [4.78, 5) is 68.0. The van der Waals surface area contributed by atoms with E-state index in [1.165, 1.54) is 31.7 Å². The summed E-state index contributed by atoms with van der Waals surface area (Å²) in [5.74, 6) is -1.13. The molecule has 3 aromatic rings. The molecule has 0 aliphatic heterocycles. The Morgan fingerprint density at radius 3 is 2.11 bits per heavy atom. The van der Waals surface area contributed by atoms with Gasteiger partial charge in [-0.1, -0.05) is 21.3 Å². The van der Waals surface area contributed by atoms with Crippen molar-refractivity contribution in [3.63, 3.8) is 0 Å². The van der Waals surface area contributed by atoms with Crippen molar-refractivity contribution < 1.29 is 32.6 Å². The third-order valence-corrected chi connectivity index (χ3v) is 8.09. The number of aromatic nitrogens is 4. The lowest BCUT2D eigenvalue weighted by Crippen LogP contribution is -2.16. The first-order valence-electron chi connectivity index (χ1n) is 15.4. The number of ether oxygens (including phenoxy) is 1. The molecular formula is C33H46F2N4O8. The molecule has 0 bridgehead atoms. The van der Waals surface area contributed by atoms with E-state index in [4.69, 9.17) is 14.3 Å². The van der Waals surface area contributed by atoms with Gasteiger partial charge >= 0.3 is 11.6 Å². The smallest absolute Gasteiger partial charge is 0.337 e. The number of nitrogens with one attached hydrogen (secondary N) is 2. The zero-order valence-corrected chi connectivity index (χ0v) is 26.5. The van der Waals surface area contributed by atoms with E-state index in [9.17, 15) is 32.8 Å². The van der Waals surface area contributed by atoms with Crippen LogP contribution in [0.4, 0.5) is 8.78 Å². The van der Waals surface area contributed by atoms with Gasteiger partial charge in [0.1, 0.15) is 42.6 Å². The number of aryl methyl sites for hydroxylation is 1. The number of Topliss-reactive ketones (excluding diaryl/α,β-unsaturated/α-hetero) is 1. The summed E-state index contributed by atoms with van der Waals surface area (Å²) in [5.41, 5.74) is -0.0793. The van der Waals surface area contributed by atoms with Crippen LogP contribution in [0.1, 0.15) is 110 Å². The Morgan fingerprint density at radius 2 is 1.55 bits per heavy atom. The quantitative estimate of drug-likeness (QED) is 0.155. The van der Waals surface area contributed by atoms with Crippen molar-refractivity contribution in [2.24, 2.45) is 10.8 Å². The maximum Gasteiger partial charge on any atom is 0.337 e. The van der Waals surface area contributed by atoms with Crippen LogP contribution in [0, 0.1) is 10.8 Å². The molecule has 0 atom stereocenters. The van der Waals surface area contributed by atoms with Crippen LogP contribution >= 0.6 is 0 Å². The minimum atomic E-state index is -0.905. The molecule has 0 unspecified atom stereocenters. The number of hydrogen-bond donors (Lipinski definition) is 3. The molecule has 260 valence electrons. The Balaban J connectivity index is 0.000000260. The molecule has 12 nitrogen and oxygen atoms in total. The number of aromatic hydroxyl groups is 1. The number of halogens is 2. The predicted molar refractivity (Wildman–Crippen MR) is 172 cm³/mol. The molecule has 14 heteroatoms. The molecular weight excluding hydrogens is 618 g/mol. The summed E-state index contributed by atoms with van der Waals surface area (Å²) in [6.07, 6.45) is 10.2. The van der Waals surface area contributed by atoms with Gasteiger partial charge in [-0.2, -0.15) is 9.97 Å². The molecule has 2 fully saturated rings. The highest BCUT2D eigenvalue weighted by Gasteiger charge is 2.36. The van der Waals surface area contributed by atoms with Gasteiger partial charge in [0.15, 0.2) is 0 Å². The molecule has 0 radical (unpaired) electrons. The Kier molecular flexibility index (Phi) is 14.6. The highest BCUT2D eigenvalue weighted by atomic mass is 19.1. The Hall–Kier alpha value is -4.23. The standard InChI is InChI=1S/C15H17FN2O3.C12H20O3.C5H5FN2O2.CH4/c1-15(5-6-15)4-2-3-9-7-11(19)21-14-12(9)13(20)17-10(8-16)18-14;1-3-15-11(14)9-10(13)5-4-6-12(2)7-8-12;6-2-3-7-4(9)1-5(10)8-3;/h7H,2-6,8H2,1H3,(H,17,18,20);3-9H2,1-2H3;1H,2H2,(H2,7,8,9,10);1H4. The maximum absolute atomic E-state index is 12.6. The number of nitrogens with zero attached hydrogens (tertiary/aromatic N) is 2. The Morgan fingerprint density at radius 1 is 0.957 bits per heavy atom. The molecule has 0 amide bonds. The van der Waals surface area contributed by atoms with Crippen molar-refractivity contribution >= 4 is 22.9 Å². The second-order valence-electron chi connectivity index (χ2n) is 12.4. The molecule has 47 heavy (non-hydrogen) atoms. The first kappa shape index (κ1) is 39.0. The number of esters is 1. The number of alkyl halides is 2. The van der Waals surface area contributed by atoms with Crippen molar-refractivity contribution in [2.75, 3.05) is 6.61 Å². The minimum Gasteiger partial charge on any atom is -0.493 e. The monoisotopic (exact) mass is 664 g/mol. The van der Waals surface area contributed by atoms with Gasteiger partial charge in [0.25, 0.3) is 11.1 Å². The number of H-pyrrole nitrogens is 2. The SMILES string of the molecule is C.CC1(CCCc2cc(=O)oc3nc(CF)[nH]c(=O)c23)CC1.CCOC(=O)CC(=O)CCCC1(C)CC1.O=c1cc(O)nc(CF)[nH]1. The lowest BCUT2D eigenvalue weighted by Gasteiger charge is -2.08. The molecule has 3 heterocycles. The Bertz CT molecular complexity index is 1680. The second kappa shape index (κ2) is 17.6. The first-order chi connectivity index (χ1) is 21.8. The van der Waals surface area contributed by atoms with E-state index in [-0.39, 0.29) is 48.3 Å². The summed E-state index contributed by atoms with van der Waals surface area (Å²) in [5, 5.41) is 8.88. The molecule has 2 saturated carbocycles. The highest BCUT2D eigenvalue weighted by Crippen LogP contribution is 2.49. The van der Waals surface area contributed by atoms with Crippen molar-refractivity contribution in [1.29, 1.82) is 0 Å². The normalized spacial score (nSPS) is 14.8. The van der Waals surface area contributed by atoms with Gasteiger partial charge in [-0.15, -0.1) is 0 Å². The number of carbonyl (C=O) groups excluding carboxylic acids is 2. The van der Waals surface area contributed by atoms with Gasteiger partial charge in [0, 0.05) is 12.5 Å². The van der Waals surface area contributed by atoms with E-state index < -0.39 is 36.0 Å². The lowest BCUT2D eigenvalue weighted by molar-refractivity contribution is -0.145. The number of ketones is 1. The van der Waals surface area contributed by atoms with Gasteiger partial charge in [-0.25, -0.2) is 13.6 Å². The van der Waals surface area contributed by atoms with Crippen molar-refractivity contribution in [3.05, 3.63) is 60.5 Å². The average molecular weight is 665 g/mol. The van der Waals surface area contributed by atoms with Gasteiger partial charge < -0.3 is 24.2 Å². The summed E-state index contributed by atoms with van der Waals surface area (Å²) >= 11 is 0. The third-order valence-electron chi connectivity index (χ3n) is 8.09. The number of rotatable bonds is 13. The topological polar surface area (TPSA) is 185 Å². The fourth-order valence-electron chi connectivity index (χ4n) is 4.82. The van der Waals surface area contributed by atoms with Crippen molar-refractivity contribution in [2.45, 2.75) is 112 Å². The number of hydrogen-bond acceptors (Lipinski definition) is 10. The van der Waals surface area contributed by atoms with Gasteiger partial charge in [0.05, 0.1) is 12.7 Å². The molecule has 2 aliphatic rings. The molecule has 0 aromatic carbocycles. The molecule has 0 spiro atoms.